The van der Waals surface area contributed by atoms with E-state index in [1.54, 1.807) is 0 Å². The van der Waals surface area contributed by atoms with Crippen LogP contribution in [0.1, 0.15) is 75.2 Å². The van der Waals surface area contributed by atoms with Gasteiger partial charge in [-0.25, -0.2) is 0 Å². The van der Waals surface area contributed by atoms with Gasteiger partial charge in [-0.15, -0.1) is 0 Å². The lowest BCUT2D eigenvalue weighted by Crippen LogP contribution is -2.51. The first-order valence-corrected chi connectivity index (χ1v) is 8.26. The van der Waals surface area contributed by atoms with Crippen molar-refractivity contribution in [1.82, 2.24) is 5.32 Å². The van der Waals surface area contributed by atoms with Gasteiger partial charge in [0, 0.05) is 6.04 Å². The van der Waals surface area contributed by atoms with Gasteiger partial charge in [-0.2, -0.15) is 0 Å². The van der Waals surface area contributed by atoms with Gasteiger partial charge in [0.15, 0.2) is 0 Å². The number of rotatable bonds is 8. The predicted octanol–water partition coefficient (Wildman–Crippen LogP) is 3.61. The number of hydrogen-bond donors (Lipinski definition) is 2. The summed E-state index contributed by atoms with van der Waals surface area (Å²) in [4.78, 5) is 23.7. The molecule has 0 radical (unpaired) electrons. The molecule has 0 fully saturated rings. The van der Waals surface area contributed by atoms with Gasteiger partial charge in [0.2, 0.25) is 0 Å². The van der Waals surface area contributed by atoms with E-state index in [1.165, 1.54) is 0 Å². The molecular formula is C18H35NO4. The molecule has 0 bridgehead atoms. The van der Waals surface area contributed by atoms with E-state index >= 15 is 0 Å². The highest BCUT2D eigenvalue weighted by Gasteiger charge is 2.40. The van der Waals surface area contributed by atoms with E-state index in [0.29, 0.717) is 6.42 Å². The zero-order valence-corrected chi connectivity index (χ0v) is 16.2. The maximum Gasteiger partial charge on any atom is 0.321 e. The Kier molecular flexibility index (Phi) is 7.28. The number of carbonyl (C=O) groups is 2. The van der Waals surface area contributed by atoms with Crippen LogP contribution in [0.4, 0.5) is 0 Å². The average molecular weight is 329 g/mol. The standard InChI is InChI=1S/C18H35NO4/c1-12(2)19-14(15(21)22)18(8,9)11-17(6,7)10-13(20)23-16(3,4)5/h12,14,19H,10-11H2,1-9H3,(H,21,22). The third-order valence-electron chi connectivity index (χ3n) is 3.51. The number of nitrogens with one attached hydrogen (secondary N) is 1. The van der Waals surface area contributed by atoms with Gasteiger partial charge in [-0.3, -0.25) is 9.59 Å². The molecular weight excluding hydrogens is 294 g/mol. The molecule has 0 saturated heterocycles. The molecule has 1 atom stereocenters. The van der Waals surface area contributed by atoms with Crippen molar-refractivity contribution in [1.29, 1.82) is 0 Å². The largest absolute Gasteiger partial charge is 0.480 e. The fraction of sp³-hybridized carbons (Fsp3) is 0.889. The van der Waals surface area contributed by atoms with Crippen LogP contribution in [0, 0.1) is 10.8 Å². The number of carboxylic acid groups (broad SMARTS) is 1. The Morgan fingerprint density at radius 2 is 1.52 bits per heavy atom. The average Bonchev–Trinajstić information content (AvgIpc) is 2.18. The first-order valence-electron chi connectivity index (χ1n) is 8.26. The van der Waals surface area contributed by atoms with Crippen LogP contribution in [-0.4, -0.2) is 34.7 Å². The maximum atomic E-state index is 12.1. The van der Waals surface area contributed by atoms with Gasteiger partial charge in [0.05, 0.1) is 6.42 Å². The predicted molar refractivity (Wildman–Crippen MR) is 92.3 cm³/mol. The summed E-state index contributed by atoms with van der Waals surface area (Å²) in [5.74, 6) is -1.11. The van der Waals surface area contributed by atoms with Crippen LogP contribution < -0.4 is 5.32 Å². The summed E-state index contributed by atoms with van der Waals surface area (Å²) in [6.07, 6.45) is 0.859. The maximum absolute atomic E-state index is 12.1. The molecule has 0 aromatic carbocycles. The first kappa shape index (κ1) is 21.9. The zero-order chi connectivity index (χ0) is 18.6. The van der Waals surface area contributed by atoms with Crippen molar-refractivity contribution in [3.8, 4) is 0 Å². The van der Waals surface area contributed by atoms with Crippen LogP contribution in [0.5, 0.6) is 0 Å². The summed E-state index contributed by atoms with van der Waals surface area (Å²) >= 11 is 0. The zero-order valence-electron chi connectivity index (χ0n) is 16.2. The molecule has 23 heavy (non-hydrogen) atoms. The molecule has 0 aliphatic rings. The summed E-state index contributed by atoms with van der Waals surface area (Å²) in [5, 5.41) is 12.7. The van der Waals surface area contributed by atoms with Crippen LogP contribution in [-0.2, 0) is 14.3 Å². The highest BCUT2D eigenvalue weighted by molar-refractivity contribution is 5.74. The lowest BCUT2D eigenvalue weighted by molar-refractivity contribution is -0.157. The van der Waals surface area contributed by atoms with Crippen LogP contribution in [0.3, 0.4) is 0 Å². The van der Waals surface area contributed by atoms with Gasteiger partial charge >= 0.3 is 11.9 Å². The first-order chi connectivity index (χ1) is 10.1. The number of esters is 1. The van der Waals surface area contributed by atoms with E-state index in [9.17, 15) is 14.7 Å². The smallest absolute Gasteiger partial charge is 0.321 e. The quantitative estimate of drug-likeness (QED) is 0.665. The lowest BCUT2D eigenvalue weighted by Gasteiger charge is -2.39. The van der Waals surface area contributed by atoms with Crippen molar-refractivity contribution < 1.29 is 19.4 Å². The van der Waals surface area contributed by atoms with Gasteiger partial charge in [-0.1, -0.05) is 41.5 Å². The van der Waals surface area contributed by atoms with E-state index in [4.69, 9.17) is 4.74 Å². The molecule has 2 N–H and O–H groups in total. The Labute approximate surface area is 141 Å². The monoisotopic (exact) mass is 329 g/mol. The molecule has 5 heteroatoms. The van der Waals surface area contributed by atoms with Crippen LogP contribution in [0.15, 0.2) is 0 Å². The normalized spacial score (nSPS) is 14.7. The molecule has 0 spiro atoms. The minimum atomic E-state index is -0.864. The van der Waals surface area contributed by atoms with E-state index < -0.39 is 23.0 Å². The number of ether oxygens (including phenoxy) is 1. The summed E-state index contributed by atoms with van der Waals surface area (Å²) in [7, 11) is 0. The second-order valence-electron chi connectivity index (χ2n) is 9.19. The third kappa shape index (κ3) is 8.94. The fourth-order valence-corrected chi connectivity index (χ4v) is 3.13. The number of carbonyl (C=O) groups excluding carboxylic acids is 1. The second-order valence-corrected chi connectivity index (χ2v) is 9.19. The van der Waals surface area contributed by atoms with Crippen molar-refractivity contribution in [2.24, 2.45) is 10.8 Å². The number of carboxylic acids is 1. The summed E-state index contributed by atoms with van der Waals surface area (Å²) < 4.78 is 5.39. The van der Waals surface area contributed by atoms with Gasteiger partial charge < -0.3 is 15.2 Å². The van der Waals surface area contributed by atoms with Gasteiger partial charge in [0.25, 0.3) is 0 Å². The highest BCUT2D eigenvalue weighted by Crippen LogP contribution is 2.39. The summed E-state index contributed by atoms with van der Waals surface area (Å²) in [6, 6.07) is -0.593. The van der Waals surface area contributed by atoms with Crippen LogP contribution in [0.2, 0.25) is 0 Å². The summed E-state index contributed by atoms with van der Waals surface area (Å²) in [5.41, 5.74) is -1.36. The molecule has 0 saturated carbocycles. The van der Waals surface area contributed by atoms with Crippen molar-refractivity contribution in [3.05, 3.63) is 0 Å². The van der Waals surface area contributed by atoms with Crippen LogP contribution >= 0.6 is 0 Å². The van der Waals surface area contributed by atoms with E-state index in [-0.39, 0.29) is 23.8 Å². The Balaban J connectivity index is 5.02. The van der Waals surface area contributed by atoms with E-state index in [2.05, 4.69) is 5.32 Å². The van der Waals surface area contributed by atoms with Gasteiger partial charge in [0.1, 0.15) is 11.6 Å². The molecule has 0 aliphatic carbocycles. The number of hydrogen-bond acceptors (Lipinski definition) is 4. The minimum absolute atomic E-state index is 0.0735. The molecule has 0 rings (SSSR count). The minimum Gasteiger partial charge on any atom is -0.480 e. The molecule has 5 nitrogen and oxygen atoms in total. The molecule has 1 unspecified atom stereocenters. The molecule has 0 aromatic heterocycles. The Morgan fingerprint density at radius 1 is 1.04 bits per heavy atom. The second kappa shape index (κ2) is 7.65. The van der Waals surface area contributed by atoms with Gasteiger partial charge in [-0.05, 0) is 38.0 Å². The van der Waals surface area contributed by atoms with E-state index in [1.807, 2.05) is 62.3 Å². The van der Waals surface area contributed by atoms with Crippen molar-refractivity contribution in [2.45, 2.75) is 92.8 Å². The fourth-order valence-electron chi connectivity index (χ4n) is 3.13. The Bertz CT molecular complexity index is 419. The molecule has 0 aliphatic heterocycles. The van der Waals surface area contributed by atoms with Crippen LogP contribution in [0.25, 0.3) is 0 Å². The highest BCUT2D eigenvalue weighted by atomic mass is 16.6. The Hall–Kier alpha value is -1.10. The molecule has 0 heterocycles. The lowest BCUT2D eigenvalue weighted by atomic mass is 9.69. The topological polar surface area (TPSA) is 75.6 Å². The van der Waals surface area contributed by atoms with Crippen molar-refractivity contribution >= 4 is 11.9 Å². The molecule has 0 aromatic rings. The summed E-state index contributed by atoms with van der Waals surface area (Å²) in [6.45, 7) is 17.2. The van der Waals surface area contributed by atoms with Crippen molar-refractivity contribution in [3.63, 3.8) is 0 Å². The third-order valence-corrected chi connectivity index (χ3v) is 3.51. The molecule has 136 valence electrons. The Morgan fingerprint density at radius 3 is 1.87 bits per heavy atom. The van der Waals surface area contributed by atoms with E-state index in [0.717, 1.165) is 0 Å². The number of aliphatic carboxylic acids is 1. The van der Waals surface area contributed by atoms with Crippen molar-refractivity contribution in [2.75, 3.05) is 0 Å². The SMILES string of the molecule is CC(C)NC(C(=O)O)C(C)(C)CC(C)(C)CC(=O)OC(C)(C)C. The molecule has 0 amide bonds.